The predicted octanol–water partition coefficient (Wildman–Crippen LogP) is 5.31. The van der Waals surface area contributed by atoms with E-state index in [0.717, 1.165) is 65.0 Å². The van der Waals surface area contributed by atoms with Gasteiger partial charge in [0.05, 0.1) is 11.4 Å². The molecule has 1 aliphatic rings. The SMILES string of the molecule is Cc1c(-c2cc(-c3c[nH]nc3C3CCNCC3)cnc2N)ncc2ccccc12.Cl.Cl.Cl. The molecule has 0 atom stereocenters. The molecule has 4 N–H and O–H groups in total. The lowest BCUT2D eigenvalue weighted by Gasteiger charge is -2.22. The molecule has 0 spiro atoms. The van der Waals surface area contributed by atoms with Gasteiger partial charge in [0.15, 0.2) is 0 Å². The second-order valence-corrected chi connectivity index (χ2v) is 7.68. The molecule has 5 rings (SSSR count). The van der Waals surface area contributed by atoms with E-state index < -0.39 is 0 Å². The van der Waals surface area contributed by atoms with Crippen LogP contribution < -0.4 is 11.1 Å². The quantitative estimate of drug-likeness (QED) is 0.360. The molecular weight excluding hydrogens is 467 g/mol. The maximum atomic E-state index is 6.29. The molecule has 0 unspecified atom stereocenters. The van der Waals surface area contributed by atoms with Gasteiger partial charge in [0, 0.05) is 46.6 Å². The lowest BCUT2D eigenvalue weighted by Crippen LogP contribution is -2.27. The number of nitrogens with one attached hydrogen (secondary N) is 2. The first-order valence-corrected chi connectivity index (χ1v) is 10.1. The minimum atomic E-state index is 0. The van der Waals surface area contributed by atoms with Crippen LogP contribution in [0.2, 0.25) is 0 Å². The number of fused-ring (bicyclic) bond motifs is 1. The highest BCUT2D eigenvalue weighted by atomic mass is 35.5. The van der Waals surface area contributed by atoms with Crippen molar-refractivity contribution < 1.29 is 0 Å². The van der Waals surface area contributed by atoms with Crippen LogP contribution in [0, 0.1) is 6.92 Å². The van der Waals surface area contributed by atoms with E-state index in [1.54, 1.807) is 0 Å². The fourth-order valence-electron chi connectivity index (χ4n) is 4.33. The van der Waals surface area contributed by atoms with Crippen LogP contribution in [0.5, 0.6) is 0 Å². The van der Waals surface area contributed by atoms with Crippen molar-refractivity contribution in [3.05, 3.63) is 60.2 Å². The molecule has 9 heteroatoms. The number of anilines is 1. The number of H-pyrrole nitrogens is 1. The zero-order valence-corrected chi connectivity index (χ0v) is 20.1. The third-order valence-electron chi connectivity index (χ3n) is 5.93. The number of benzene rings is 1. The second kappa shape index (κ2) is 11.0. The Morgan fingerprint density at radius 2 is 1.72 bits per heavy atom. The summed E-state index contributed by atoms with van der Waals surface area (Å²) in [5.74, 6) is 0.950. The first kappa shape index (κ1) is 25.9. The van der Waals surface area contributed by atoms with Gasteiger partial charge in [0.1, 0.15) is 5.82 Å². The number of nitrogens with zero attached hydrogens (tertiary/aromatic N) is 3. The summed E-state index contributed by atoms with van der Waals surface area (Å²) in [5.41, 5.74) is 12.4. The number of pyridine rings is 2. The molecule has 0 aliphatic carbocycles. The van der Waals surface area contributed by atoms with Crippen LogP contribution in [-0.2, 0) is 0 Å². The number of hydrogen-bond acceptors (Lipinski definition) is 5. The molecule has 1 fully saturated rings. The average Bonchev–Trinajstić information content (AvgIpc) is 3.25. The topological polar surface area (TPSA) is 92.5 Å². The van der Waals surface area contributed by atoms with E-state index in [9.17, 15) is 0 Å². The lowest BCUT2D eigenvalue weighted by atomic mass is 9.90. The maximum Gasteiger partial charge on any atom is 0.132 e. The van der Waals surface area contributed by atoms with Crippen LogP contribution >= 0.6 is 37.2 Å². The van der Waals surface area contributed by atoms with Gasteiger partial charge in [0.25, 0.3) is 0 Å². The summed E-state index contributed by atoms with van der Waals surface area (Å²) in [7, 11) is 0. The predicted molar refractivity (Wildman–Crippen MR) is 138 cm³/mol. The Balaban J connectivity index is 0.00000121. The van der Waals surface area contributed by atoms with Crippen molar-refractivity contribution in [3.63, 3.8) is 0 Å². The van der Waals surface area contributed by atoms with Gasteiger partial charge >= 0.3 is 0 Å². The van der Waals surface area contributed by atoms with Crippen LogP contribution in [0.25, 0.3) is 33.2 Å². The van der Waals surface area contributed by atoms with Gasteiger partial charge in [-0.3, -0.25) is 10.1 Å². The molecule has 6 nitrogen and oxygen atoms in total. The number of hydrogen-bond donors (Lipinski definition) is 3. The Bertz CT molecular complexity index is 1190. The van der Waals surface area contributed by atoms with Crippen molar-refractivity contribution in [1.29, 1.82) is 0 Å². The third kappa shape index (κ3) is 4.69. The Morgan fingerprint density at radius 1 is 0.969 bits per heavy atom. The van der Waals surface area contributed by atoms with Gasteiger partial charge in [-0.1, -0.05) is 24.3 Å². The number of aromatic amines is 1. The number of aryl methyl sites for hydroxylation is 1. The molecule has 0 bridgehead atoms. The zero-order chi connectivity index (χ0) is 19.8. The highest BCUT2D eigenvalue weighted by molar-refractivity contribution is 5.91. The van der Waals surface area contributed by atoms with Gasteiger partial charge in [0.2, 0.25) is 0 Å². The molecule has 170 valence electrons. The Labute approximate surface area is 206 Å². The summed E-state index contributed by atoms with van der Waals surface area (Å²) in [6.07, 6.45) is 7.90. The summed E-state index contributed by atoms with van der Waals surface area (Å²) < 4.78 is 0. The highest BCUT2D eigenvalue weighted by Gasteiger charge is 2.22. The van der Waals surface area contributed by atoms with Gasteiger partial charge in [-0.25, -0.2) is 4.98 Å². The molecule has 1 aliphatic heterocycles. The van der Waals surface area contributed by atoms with E-state index >= 15 is 0 Å². The summed E-state index contributed by atoms with van der Waals surface area (Å²) in [6.45, 7) is 4.15. The standard InChI is InChI=1S/C23H24N6.3ClH/c1-14-18-5-3-2-4-16(18)11-26-21(14)19-10-17(12-27-23(19)24)20-13-28-29-22(20)15-6-8-25-9-7-15;;;/h2-5,10-13,15,25H,6-9H2,1H3,(H2,24,27)(H,28,29);3*1H. The summed E-state index contributed by atoms with van der Waals surface area (Å²) in [6, 6.07) is 10.4. The molecule has 0 radical (unpaired) electrons. The molecule has 32 heavy (non-hydrogen) atoms. The zero-order valence-electron chi connectivity index (χ0n) is 17.7. The molecule has 4 aromatic rings. The van der Waals surface area contributed by atoms with Crippen molar-refractivity contribution in [2.24, 2.45) is 0 Å². The Hall–Kier alpha value is -2.38. The molecule has 1 aromatic carbocycles. The smallest absolute Gasteiger partial charge is 0.132 e. The third-order valence-corrected chi connectivity index (χ3v) is 5.93. The first-order chi connectivity index (χ1) is 14.2. The average molecular weight is 494 g/mol. The minimum absolute atomic E-state index is 0. The van der Waals surface area contributed by atoms with Crippen LogP contribution in [0.1, 0.15) is 30.0 Å². The van der Waals surface area contributed by atoms with E-state index in [4.69, 9.17) is 10.7 Å². The molecule has 0 amide bonds. The highest BCUT2D eigenvalue weighted by Crippen LogP contribution is 2.36. The molecule has 0 saturated carbocycles. The number of rotatable bonds is 3. The molecule has 4 heterocycles. The minimum Gasteiger partial charge on any atom is -0.383 e. The van der Waals surface area contributed by atoms with Gasteiger partial charge in [-0.05, 0) is 49.9 Å². The van der Waals surface area contributed by atoms with Crippen LogP contribution in [0.4, 0.5) is 5.82 Å². The van der Waals surface area contributed by atoms with Crippen molar-refractivity contribution in [3.8, 4) is 22.4 Å². The summed E-state index contributed by atoms with van der Waals surface area (Å²) >= 11 is 0. The van der Waals surface area contributed by atoms with E-state index in [1.165, 1.54) is 5.39 Å². The number of nitrogen functional groups attached to an aromatic ring is 1. The van der Waals surface area contributed by atoms with E-state index in [2.05, 4.69) is 45.6 Å². The molecule has 3 aromatic heterocycles. The largest absolute Gasteiger partial charge is 0.383 e. The normalized spacial score (nSPS) is 13.7. The number of nitrogens with two attached hydrogens (primary N) is 1. The van der Waals surface area contributed by atoms with Crippen LogP contribution in [-0.4, -0.2) is 33.3 Å². The molecule has 1 saturated heterocycles. The summed E-state index contributed by atoms with van der Waals surface area (Å²) in [4.78, 5) is 9.22. The first-order valence-electron chi connectivity index (χ1n) is 10.1. The van der Waals surface area contributed by atoms with Gasteiger partial charge in [-0.15, -0.1) is 37.2 Å². The summed E-state index contributed by atoms with van der Waals surface area (Å²) in [5, 5.41) is 13.4. The number of aromatic nitrogens is 4. The number of piperidine rings is 1. The van der Waals surface area contributed by atoms with Crippen molar-refractivity contribution in [2.45, 2.75) is 25.7 Å². The van der Waals surface area contributed by atoms with E-state index in [1.807, 2.05) is 30.7 Å². The fraction of sp³-hybridized carbons (Fsp3) is 0.261. The van der Waals surface area contributed by atoms with E-state index in [0.29, 0.717) is 11.7 Å². The van der Waals surface area contributed by atoms with Gasteiger partial charge < -0.3 is 11.1 Å². The lowest BCUT2D eigenvalue weighted by molar-refractivity contribution is 0.453. The second-order valence-electron chi connectivity index (χ2n) is 7.68. The van der Waals surface area contributed by atoms with E-state index in [-0.39, 0.29) is 37.2 Å². The van der Waals surface area contributed by atoms with Gasteiger partial charge in [-0.2, -0.15) is 5.10 Å². The number of halogens is 3. The Morgan fingerprint density at radius 3 is 2.50 bits per heavy atom. The van der Waals surface area contributed by atoms with Crippen LogP contribution in [0.3, 0.4) is 0 Å². The van der Waals surface area contributed by atoms with Crippen LogP contribution in [0.15, 0.2) is 48.9 Å². The fourth-order valence-corrected chi connectivity index (χ4v) is 4.33. The maximum absolute atomic E-state index is 6.29. The molecular formula is C23H27Cl3N6. The van der Waals surface area contributed by atoms with Crippen molar-refractivity contribution in [1.82, 2.24) is 25.5 Å². The monoisotopic (exact) mass is 492 g/mol. The van der Waals surface area contributed by atoms with Crippen molar-refractivity contribution >= 4 is 53.8 Å². The Kier molecular flexibility index (Phi) is 8.87. The van der Waals surface area contributed by atoms with Crippen molar-refractivity contribution in [2.75, 3.05) is 18.8 Å².